The Bertz CT molecular complexity index is 826. The van der Waals surface area contributed by atoms with Crippen molar-refractivity contribution in [3.63, 3.8) is 0 Å². The van der Waals surface area contributed by atoms with Crippen LogP contribution >= 0.6 is 0 Å². The van der Waals surface area contributed by atoms with E-state index in [-0.39, 0.29) is 11.8 Å². The summed E-state index contributed by atoms with van der Waals surface area (Å²) in [5.74, 6) is 0.654. The number of nitrogens with zero attached hydrogens (tertiary/aromatic N) is 1. The number of nitrogens with one attached hydrogen (secondary N) is 1. The maximum absolute atomic E-state index is 12.7. The number of hydrogen-bond acceptors (Lipinski definition) is 3. The molecule has 3 rings (SSSR count). The van der Waals surface area contributed by atoms with Gasteiger partial charge in [-0.05, 0) is 43.7 Å². The van der Waals surface area contributed by atoms with Crippen molar-refractivity contribution in [1.29, 1.82) is 0 Å². The van der Waals surface area contributed by atoms with Crippen LogP contribution in [0.3, 0.4) is 0 Å². The number of benzene rings is 2. The molecule has 1 heterocycles. The minimum absolute atomic E-state index is 0.0701. The van der Waals surface area contributed by atoms with Crippen LogP contribution in [0.2, 0.25) is 0 Å². The Morgan fingerprint density at radius 1 is 1.08 bits per heavy atom. The number of rotatable bonds is 4. The number of ketones is 1. The molecule has 1 aliphatic heterocycles. The van der Waals surface area contributed by atoms with Crippen LogP contribution in [0.5, 0.6) is 5.75 Å². The molecule has 0 radical (unpaired) electrons. The molecule has 2 aromatic carbocycles. The molecule has 0 aliphatic carbocycles. The summed E-state index contributed by atoms with van der Waals surface area (Å²) in [5, 5.41) is 2.95. The van der Waals surface area contributed by atoms with E-state index in [0.29, 0.717) is 11.3 Å². The third-order valence-corrected chi connectivity index (χ3v) is 4.33. The molecule has 0 fully saturated rings. The first-order valence-corrected chi connectivity index (χ1v) is 8.04. The number of urea groups is 1. The van der Waals surface area contributed by atoms with Crippen LogP contribution in [0.1, 0.15) is 25.5 Å². The van der Waals surface area contributed by atoms with Crippen molar-refractivity contribution in [3.05, 3.63) is 71.4 Å². The summed E-state index contributed by atoms with van der Waals surface area (Å²) in [5.41, 5.74) is 2.78. The summed E-state index contributed by atoms with van der Waals surface area (Å²) in [4.78, 5) is 26.6. The lowest BCUT2D eigenvalue weighted by Gasteiger charge is -2.35. The second kappa shape index (κ2) is 6.81. The van der Waals surface area contributed by atoms with Crippen LogP contribution in [-0.2, 0) is 4.79 Å². The minimum Gasteiger partial charge on any atom is -0.497 e. The van der Waals surface area contributed by atoms with E-state index < -0.39 is 6.04 Å². The smallest absolute Gasteiger partial charge is 0.326 e. The lowest BCUT2D eigenvalue weighted by Crippen LogP contribution is -2.47. The number of amides is 2. The van der Waals surface area contributed by atoms with Crippen LogP contribution < -0.4 is 15.0 Å². The second-order valence-electron chi connectivity index (χ2n) is 5.88. The summed E-state index contributed by atoms with van der Waals surface area (Å²) in [7, 11) is 1.60. The van der Waals surface area contributed by atoms with Gasteiger partial charge < -0.3 is 10.1 Å². The van der Waals surface area contributed by atoms with Gasteiger partial charge in [0.05, 0.1) is 18.8 Å². The van der Waals surface area contributed by atoms with Crippen molar-refractivity contribution in [2.75, 3.05) is 12.0 Å². The third-order valence-electron chi connectivity index (χ3n) is 4.33. The van der Waals surface area contributed by atoms with Gasteiger partial charge in [-0.25, -0.2) is 4.79 Å². The molecular weight excluding hydrogens is 316 g/mol. The molecule has 0 saturated heterocycles. The lowest BCUT2D eigenvalue weighted by atomic mass is 9.92. The van der Waals surface area contributed by atoms with Gasteiger partial charge in [-0.15, -0.1) is 0 Å². The molecule has 2 amide bonds. The summed E-state index contributed by atoms with van der Waals surface area (Å²) < 4.78 is 5.17. The highest BCUT2D eigenvalue weighted by atomic mass is 16.5. The van der Waals surface area contributed by atoms with E-state index in [9.17, 15) is 9.59 Å². The molecule has 0 saturated carbocycles. The topological polar surface area (TPSA) is 58.6 Å². The number of allylic oxidation sites excluding steroid dienone is 1. The van der Waals surface area contributed by atoms with Gasteiger partial charge in [0, 0.05) is 11.3 Å². The van der Waals surface area contributed by atoms with E-state index >= 15 is 0 Å². The Balaban J connectivity index is 2.08. The van der Waals surface area contributed by atoms with Gasteiger partial charge in [0.1, 0.15) is 5.75 Å². The number of anilines is 1. The third kappa shape index (κ3) is 3.13. The first-order valence-electron chi connectivity index (χ1n) is 8.04. The Kier molecular flexibility index (Phi) is 4.57. The van der Waals surface area contributed by atoms with Gasteiger partial charge in [0.2, 0.25) is 0 Å². The first-order chi connectivity index (χ1) is 12.0. The highest BCUT2D eigenvalue weighted by Gasteiger charge is 2.34. The van der Waals surface area contributed by atoms with Crippen LogP contribution in [-0.4, -0.2) is 18.9 Å². The van der Waals surface area contributed by atoms with Gasteiger partial charge in [-0.1, -0.05) is 30.3 Å². The van der Waals surface area contributed by atoms with Gasteiger partial charge in [0.25, 0.3) is 0 Å². The number of ether oxygens (including phenoxy) is 1. The Hall–Kier alpha value is -3.08. The molecule has 0 bridgehead atoms. The average molecular weight is 336 g/mol. The Morgan fingerprint density at radius 2 is 1.72 bits per heavy atom. The zero-order chi connectivity index (χ0) is 18.0. The highest BCUT2D eigenvalue weighted by Crippen LogP contribution is 2.34. The molecule has 5 heteroatoms. The predicted molar refractivity (Wildman–Crippen MR) is 96.6 cm³/mol. The Morgan fingerprint density at radius 3 is 2.28 bits per heavy atom. The van der Waals surface area contributed by atoms with Crippen LogP contribution in [0, 0.1) is 0 Å². The quantitative estimate of drug-likeness (QED) is 0.923. The van der Waals surface area contributed by atoms with Crippen molar-refractivity contribution in [1.82, 2.24) is 5.32 Å². The first kappa shape index (κ1) is 16.8. The van der Waals surface area contributed by atoms with Crippen molar-refractivity contribution in [2.24, 2.45) is 0 Å². The van der Waals surface area contributed by atoms with E-state index in [0.717, 1.165) is 17.0 Å². The van der Waals surface area contributed by atoms with E-state index in [1.165, 1.54) is 11.8 Å². The number of Topliss-reactive ketones (excluding diaryl/α,β-unsaturated/α-hetero) is 1. The zero-order valence-electron chi connectivity index (χ0n) is 14.4. The van der Waals surface area contributed by atoms with Gasteiger partial charge in [0.15, 0.2) is 5.78 Å². The monoisotopic (exact) mass is 336 g/mol. The standard InChI is InChI=1S/C20H20N2O3/c1-13-18(14(2)23)19(15-9-11-17(25-3)12-10-15)21-20(24)22(13)16-7-5-4-6-8-16/h4-12,19H,1-3H3,(H,21,24)/t19-/m0/s1. The summed E-state index contributed by atoms with van der Waals surface area (Å²) in [6.45, 7) is 3.33. The fourth-order valence-corrected chi connectivity index (χ4v) is 3.13. The predicted octanol–water partition coefficient (Wildman–Crippen LogP) is 3.83. The van der Waals surface area contributed by atoms with E-state index in [2.05, 4.69) is 5.32 Å². The number of carbonyl (C=O) groups is 2. The normalized spacial score (nSPS) is 17.3. The lowest BCUT2D eigenvalue weighted by molar-refractivity contribution is -0.114. The van der Waals surface area contributed by atoms with E-state index in [4.69, 9.17) is 4.74 Å². The largest absolute Gasteiger partial charge is 0.497 e. The number of carbonyl (C=O) groups excluding carboxylic acids is 2. The maximum Gasteiger partial charge on any atom is 0.326 e. The summed E-state index contributed by atoms with van der Waals surface area (Å²) in [6, 6.07) is 15.9. The molecule has 5 nitrogen and oxygen atoms in total. The molecule has 25 heavy (non-hydrogen) atoms. The number of para-hydroxylation sites is 1. The van der Waals surface area contributed by atoms with Gasteiger partial charge in [-0.3, -0.25) is 9.69 Å². The molecule has 0 aromatic heterocycles. The molecule has 0 spiro atoms. The van der Waals surface area contributed by atoms with Crippen LogP contribution in [0.15, 0.2) is 65.9 Å². The summed E-state index contributed by atoms with van der Waals surface area (Å²) >= 11 is 0. The van der Waals surface area contributed by atoms with Crippen LogP contribution in [0.25, 0.3) is 0 Å². The molecule has 128 valence electrons. The van der Waals surface area contributed by atoms with Crippen molar-refractivity contribution < 1.29 is 14.3 Å². The fraction of sp³-hybridized carbons (Fsp3) is 0.200. The number of methoxy groups -OCH3 is 1. The van der Waals surface area contributed by atoms with Gasteiger partial charge in [-0.2, -0.15) is 0 Å². The maximum atomic E-state index is 12.7. The Labute approximate surface area is 146 Å². The number of hydrogen-bond donors (Lipinski definition) is 1. The molecule has 2 aromatic rings. The second-order valence-corrected chi connectivity index (χ2v) is 5.88. The van der Waals surface area contributed by atoms with Gasteiger partial charge >= 0.3 is 6.03 Å². The summed E-state index contributed by atoms with van der Waals surface area (Å²) in [6.07, 6.45) is 0. The molecular formula is C20H20N2O3. The minimum atomic E-state index is -0.476. The molecule has 1 N–H and O–H groups in total. The van der Waals surface area contributed by atoms with Crippen LogP contribution in [0.4, 0.5) is 10.5 Å². The van der Waals surface area contributed by atoms with Crippen molar-refractivity contribution >= 4 is 17.5 Å². The van der Waals surface area contributed by atoms with Crippen molar-refractivity contribution in [3.8, 4) is 5.75 Å². The van der Waals surface area contributed by atoms with Crippen molar-refractivity contribution in [2.45, 2.75) is 19.9 Å². The van der Waals surface area contributed by atoms with E-state index in [1.807, 2.05) is 54.6 Å². The fourth-order valence-electron chi connectivity index (χ4n) is 3.13. The zero-order valence-corrected chi connectivity index (χ0v) is 14.4. The highest BCUT2D eigenvalue weighted by molar-refractivity contribution is 6.04. The molecule has 0 unspecified atom stereocenters. The average Bonchev–Trinajstić information content (AvgIpc) is 2.62. The molecule has 1 atom stereocenters. The molecule has 1 aliphatic rings. The van der Waals surface area contributed by atoms with E-state index in [1.54, 1.807) is 14.0 Å². The SMILES string of the molecule is COc1ccc([C@@H]2NC(=O)N(c3ccccc3)C(C)=C2C(C)=O)cc1.